The van der Waals surface area contributed by atoms with Gasteiger partial charge in [0.1, 0.15) is 29.4 Å². The lowest BCUT2D eigenvalue weighted by molar-refractivity contribution is 0.0150. The normalized spacial score (nSPS) is 19.8. The summed E-state index contributed by atoms with van der Waals surface area (Å²) in [7, 11) is 1.56. The summed E-state index contributed by atoms with van der Waals surface area (Å²) in [6.45, 7) is 5.46. The Labute approximate surface area is 218 Å². The summed E-state index contributed by atoms with van der Waals surface area (Å²) in [5.41, 5.74) is 0.648. The van der Waals surface area contributed by atoms with Gasteiger partial charge in [-0.1, -0.05) is 0 Å². The standard InChI is InChI=1S/C26H29F2N7O3/c1-26(2,3)38-25(36)34-8-7-17(27)19(12-34)31-23-15(10-29)9-18(28)22(32-23)16-11-30-35-13-20(37-4)21(14-5-6-14)33-24(16)35/h9,11,13-14,17,19H,5-8,12H2,1-4H3,(H,31,32)/t17-,19-/m0/s1. The second-order valence-electron chi connectivity index (χ2n) is 10.6. The highest BCUT2D eigenvalue weighted by Gasteiger charge is 2.35. The average molecular weight is 526 g/mol. The molecule has 0 unspecified atom stereocenters. The number of carbonyl (C=O) groups is 1. The van der Waals surface area contributed by atoms with Crippen molar-refractivity contribution in [3.63, 3.8) is 0 Å². The van der Waals surface area contributed by atoms with Gasteiger partial charge in [0.05, 0.1) is 42.4 Å². The molecule has 200 valence electrons. The van der Waals surface area contributed by atoms with Crippen LogP contribution in [0.2, 0.25) is 0 Å². The zero-order valence-electron chi connectivity index (χ0n) is 21.7. The number of likely N-dealkylation sites (tertiary alicyclic amines) is 1. The number of pyridine rings is 1. The predicted molar refractivity (Wildman–Crippen MR) is 134 cm³/mol. The molecule has 0 bridgehead atoms. The first-order chi connectivity index (χ1) is 18.1. The van der Waals surface area contributed by atoms with E-state index in [-0.39, 0.29) is 42.5 Å². The molecule has 2 fully saturated rings. The number of anilines is 1. The van der Waals surface area contributed by atoms with Crippen LogP contribution in [0.15, 0.2) is 18.5 Å². The smallest absolute Gasteiger partial charge is 0.410 e. The second-order valence-corrected chi connectivity index (χ2v) is 10.6. The number of alkyl halides is 1. The Morgan fingerprint density at radius 3 is 2.68 bits per heavy atom. The number of amides is 1. The van der Waals surface area contributed by atoms with Crippen molar-refractivity contribution in [1.82, 2.24) is 24.5 Å². The molecule has 4 heterocycles. The third-order valence-corrected chi connectivity index (χ3v) is 6.53. The van der Waals surface area contributed by atoms with Crippen molar-refractivity contribution in [2.45, 2.75) is 63.8 Å². The Morgan fingerprint density at radius 2 is 2.03 bits per heavy atom. The fourth-order valence-electron chi connectivity index (χ4n) is 4.48. The van der Waals surface area contributed by atoms with Crippen LogP contribution in [0.25, 0.3) is 16.9 Å². The molecule has 5 rings (SSSR count). The topological polar surface area (TPSA) is 118 Å². The number of carbonyl (C=O) groups excluding carboxylic acids is 1. The van der Waals surface area contributed by atoms with Crippen LogP contribution >= 0.6 is 0 Å². The van der Waals surface area contributed by atoms with Gasteiger partial charge in [0.25, 0.3) is 0 Å². The molecule has 2 atom stereocenters. The van der Waals surface area contributed by atoms with E-state index in [1.165, 1.54) is 15.6 Å². The molecule has 38 heavy (non-hydrogen) atoms. The molecule has 0 aromatic carbocycles. The van der Waals surface area contributed by atoms with Gasteiger partial charge in [0, 0.05) is 19.0 Å². The molecule has 0 radical (unpaired) electrons. The Hall–Kier alpha value is -4.01. The van der Waals surface area contributed by atoms with E-state index in [0.717, 1.165) is 24.6 Å². The molecule has 1 saturated heterocycles. The number of methoxy groups -OCH3 is 1. The lowest BCUT2D eigenvalue weighted by Crippen LogP contribution is -2.52. The third kappa shape index (κ3) is 5.05. The molecule has 3 aromatic heterocycles. The molecular formula is C26H29F2N7O3. The van der Waals surface area contributed by atoms with Crippen molar-refractivity contribution < 1.29 is 23.0 Å². The number of halogens is 2. The number of piperidine rings is 1. The van der Waals surface area contributed by atoms with E-state index in [0.29, 0.717) is 17.0 Å². The van der Waals surface area contributed by atoms with Crippen molar-refractivity contribution in [3.05, 3.63) is 35.5 Å². The van der Waals surface area contributed by atoms with E-state index < -0.39 is 29.7 Å². The molecular weight excluding hydrogens is 496 g/mol. The minimum atomic E-state index is -1.32. The third-order valence-electron chi connectivity index (χ3n) is 6.53. The van der Waals surface area contributed by atoms with Gasteiger partial charge >= 0.3 is 6.09 Å². The van der Waals surface area contributed by atoms with Crippen molar-refractivity contribution >= 4 is 17.6 Å². The van der Waals surface area contributed by atoms with Gasteiger partial charge in [-0.05, 0) is 46.1 Å². The Morgan fingerprint density at radius 1 is 1.26 bits per heavy atom. The molecule has 1 aliphatic heterocycles. The number of hydrogen-bond acceptors (Lipinski definition) is 8. The van der Waals surface area contributed by atoms with Crippen LogP contribution in [0.5, 0.6) is 5.75 Å². The fraction of sp³-hybridized carbons (Fsp3) is 0.500. The number of ether oxygens (including phenoxy) is 2. The fourth-order valence-corrected chi connectivity index (χ4v) is 4.48. The number of nitriles is 1. The van der Waals surface area contributed by atoms with E-state index in [1.54, 1.807) is 34.1 Å². The summed E-state index contributed by atoms with van der Waals surface area (Å²) in [6.07, 6.45) is 3.34. The molecule has 10 nitrogen and oxygen atoms in total. The van der Waals surface area contributed by atoms with Gasteiger partial charge in [-0.3, -0.25) is 0 Å². The maximum Gasteiger partial charge on any atom is 0.410 e. The highest BCUT2D eigenvalue weighted by Crippen LogP contribution is 2.43. The van der Waals surface area contributed by atoms with Gasteiger partial charge in [0.2, 0.25) is 0 Å². The number of nitrogens with zero attached hydrogens (tertiary/aromatic N) is 6. The van der Waals surface area contributed by atoms with Crippen molar-refractivity contribution in [1.29, 1.82) is 5.26 Å². The Bertz CT molecular complexity index is 1420. The first-order valence-corrected chi connectivity index (χ1v) is 12.5. The summed E-state index contributed by atoms with van der Waals surface area (Å²) in [5, 5.41) is 16.9. The van der Waals surface area contributed by atoms with Crippen LogP contribution in [-0.2, 0) is 4.74 Å². The second kappa shape index (κ2) is 9.70. The Kier molecular flexibility index (Phi) is 6.54. The zero-order valence-corrected chi connectivity index (χ0v) is 21.7. The average Bonchev–Trinajstić information content (AvgIpc) is 3.64. The van der Waals surface area contributed by atoms with E-state index >= 15 is 4.39 Å². The van der Waals surface area contributed by atoms with E-state index in [2.05, 4.69) is 15.4 Å². The lowest BCUT2D eigenvalue weighted by atomic mass is 10.0. The van der Waals surface area contributed by atoms with E-state index in [1.807, 2.05) is 6.07 Å². The number of hydrogen-bond donors (Lipinski definition) is 1. The summed E-state index contributed by atoms with van der Waals surface area (Å²) in [4.78, 5) is 23.1. The molecule has 1 aliphatic carbocycles. The van der Waals surface area contributed by atoms with Crippen LogP contribution in [0, 0.1) is 17.1 Å². The summed E-state index contributed by atoms with van der Waals surface area (Å²) < 4.78 is 42.5. The van der Waals surface area contributed by atoms with Crippen LogP contribution < -0.4 is 10.1 Å². The van der Waals surface area contributed by atoms with Gasteiger partial charge < -0.3 is 19.7 Å². The summed E-state index contributed by atoms with van der Waals surface area (Å²) >= 11 is 0. The van der Waals surface area contributed by atoms with Gasteiger partial charge in [-0.15, -0.1) is 0 Å². The quantitative estimate of drug-likeness (QED) is 0.519. The molecule has 1 amide bonds. The molecule has 3 aromatic rings. The lowest BCUT2D eigenvalue weighted by Gasteiger charge is -2.36. The van der Waals surface area contributed by atoms with E-state index in [9.17, 15) is 14.4 Å². The highest BCUT2D eigenvalue weighted by molar-refractivity contribution is 5.77. The first-order valence-electron chi connectivity index (χ1n) is 12.5. The Balaban J connectivity index is 1.47. The largest absolute Gasteiger partial charge is 0.493 e. The van der Waals surface area contributed by atoms with Crippen LogP contribution in [0.1, 0.15) is 57.2 Å². The predicted octanol–water partition coefficient (Wildman–Crippen LogP) is 4.45. The minimum absolute atomic E-state index is 0.00183. The summed E-state index contributed by atoms with van der Waals surface area (Å²) in [6, 6.07) is 2.10. The molecule has 1 N–H and O–H groups in total. The number of aromatic nitrogens is 4. The maximum absolute atomic E-state index is 15.2. The van der Waals surface area contributed by atoms with Gasteiger partial charge in [-0.2, -0.15) is 10.4 Å². The molecule has 12 heteroatoms. The highest BCUT2D eigenvalue weighted by atomic mass is 19.1. The van der Waals surface area contributed by atoms with Crippen molar-refractivity contribution in [3.8, 4) is 23.1 Å². The zero-order chi connectivity index (χ0) is 27.2. The minimum Gasteiger partial charge on any atom is -0.493 e. The number of nitrogens with one attached hydrogen (secondary N) is 1. The number of rotatable bonds is 5. The van der Waals surface area contributed by atoms with Crippen molar-refractivity contribution in [2.75, 3.05) is 25.5 Å². The van der Waals surface area contributed by atoms with Crippen LogP contribution in [-0.4, -0.2) is 68.6 Å². The van der Waals surface area contributed by atoms with Gasteiger partial charge in [0.15, 0.2) is 17.2 Å². The first kappa shape index (κ1) is 25.6. The monoisotopic (exact) mass is 525 g/mol. The molecule has 1 saturated carbocycles. The number of fused-ring (bicyclic) bond motifs is 1. The molecule has 2 aliphatic rings. The van der Waals surface area contributed by atoms with Crippen molar-refractivity contribution in [2.24, 2.45) is 0 Å². The maximum atomic E-state index is 15.2. The SMILES string of the molecule is COc1cn2ncc(-c3nc(N[C@H]4CN(C(=O)OC(C)(C)C)CC[C@@H]4F)c(C#N)cc3F)c2nc1C1CC1. The summed E-state index contributed by atoms with van der Waals surface area (Å²) in [5.74, 6) is 0.154. The van der Waals surface area contributed by atoms with Gasteiger partial charge in [-0.25, -0.2) is 28.1 Å². The molecule has 0 spiro atoms. The van der Waals surface area contributed by atoms with Crippen LogP contribution in [0.3, 0.4) is 0 Å². The van der Waals surface area contributed by atoms with E-state index in [4.69, 9.17) is 14.5 Å². The van der Waals surface area contributed by atoms with Crippen LogP contribution in [0.4, 0.5) is 19.4 Å².